The van der Waals surface area contributed by atoms with E-state index < -0.39 is 17.5 Å². The second kappa shape index (κ2) is 7.27. The lowest BCUT2D eigenvalue weighted by Crippen LogP contribution is -2.38. The molecule has 1 aliphatic heterocycles. The summed E-state index contributed by atoms with van der Waals surface area (Å²) < 4.78 is 49.4. The van der Waals surface area contributed by atoms with Crippen LogP contribution in [0.5, 0.6) is 5.75 Å². The zero-order valence-corrected chi connectivity index (χ0v) is 15.2. The second-order valence-electron chi connectivity index (χ2n) is 5.53. The first kappa shape index (κ1) is 18.1. The van der Waals surface area contributed by atoms with Gasteiger partial charge in [0.2, 0.25) is 10.0 Å². The summed E-state index contributed by atoms with van der Waals surface area (Å²) in [4.78, 5) is -0.0271. The van der Waals surface area contributed by atoms with Crippen LogP contribution in [-0.4, -0.2) is 39.4 Å². The van der Waals surface area contributed by atoms with Gasteiger partial charge in [-0.05, 0) is 36.4 Å². The first-order valence-electron chi connectivity index (χ1n) is 7.71. The molecule has 1 aliphatic rings. The second-order valence-corrected chi connectivity index (χ2v) is 9.40. The summed E-state index contributed by atoms with van der Waals surface area (Å²) in [7, 11) is -7.14. The number of ether oxygens (including phenoxy) is 1. The van der Waals surface area contributed by atoms with Crippen LogP contribution in [0.2, 0.25) is 0 Å². The summed E-state index contributed by atoms with van der Waals surface area (Å²) in [5.74, 6) is 0.311. The van der Waals surface area contributed by atoms with E-state index >= 15 is 0 Å². The average Bonchev–Trinajstić information content (AvgIpc) is 2.63. The van der Waals surface area contributed by atoms with Crippen molar-refractivity contribution in [2.75, 3.05) is 26.3 Å². The first-order valence-corrected chi connectivity index (χ1v) is 10.8. The summed E-state index contributed by atoms with van der Waals surface area (Å²) in [5, 5.41) is 5.67. The minimum atomic E-state index is -3.79. The van der Waals surface area contributed by atoms with Gasteiger partial charge in [0.05, 0.1) is 23.4 Å². The fourth-order valence-corrected chi connectivity index (χ4v) is 5.25. The van der Waals surface area contributed by atoms with Crippen LogP contribution in [0.3, 0.4) is 0 Å². The summed E-state index contributed by atoms with van der Waals surface area (Å²) >= 11 is 0. The topological polar surface area (TPSA) is 98.9 Å². The Hall–Kier alpha value is -1.70. The summed E-state index contributed by atoms with van der Waals surface area (Å²) in [6.07, 6.45) is 0. The molecule has 25 heavy (non-hydrogen) atoms. The third kappa shape index (κ3) is 4.11. The predicted octanol–water partition coefficient (Wildman–Crippen LogP) is 1.56. The van der Waals surface area contributed by atoms with Gasteiger partial charge in [-0.2, -0.15) is 0 Å². The molecule has 7 nitrogen and oxygen atoms in total. The van der Waals surface area contributed by atoms with Crippen molar-refractivity contribution in [3.8, 4) is 5.75 Å². The molecular formula is C16H19N2O5PS. The van der Waals surface area contributed by atoms with E-state index in [0.29, 0.717) is 37.4 Å². The predicted molar refractivity (Wildman–Crippen MR) is 94.5 cm³/mol. The molecule has 1 saturated heterocycles. The Morgan fingerprint density at radius 3 is 2.16 bits per heavy atom. The number of nitrogens with zero attached hydrogens (tertiary/aromatic N) is 1. The first-order chi connectivity index (χ1) is 11.9. The van der Waals surface area contributed by atoms with Crippen LogP contribution in [0, 0.1) is 0 Å². The summed E-state index contributed by atoms with van der Waals surface area (Å²) in [6.45, 7) is 1.93. The zero-order valence-electron chi connectivity index (χ0n) is 13.4. The van der Waals surface area contributed by atoms with Crippen molar-refractivity contribution in [3.63, 3.8) is 0 Å². The standard InChI is InChI=1S/C16H19N2O5PS/c17-25(20,21)16-8-6-14(7-9-16)23-24(19,15-4-2-1-3-5-15)18-10-12-22-13-11-18/h1-9H,10-13H2,(H2,17,20,21). The Balaban J connectivity index is 1.94. The Morgan fingerprint density at radius 2 is 1.60 bits per heavy atom. The SMILES string of the molecule is NS(=O)(=O)c1ccc(OP(=O)(c2ccccc2)N2CCOCC2)cc1. The van der Waals surface area contributed by atoms with Crippen LogP contribution < -0.4 is 15.0 Å². The molecule has 0 aliphatic carbocycles. The number of rotatable bonds is 5. The maximum absolute atomic E-state index is 13.7. The Bertz CT molecular complexity index is 865. The molecule has 2 N–H and O–H groups in total. The van der Waals surface area contributed by atoms with Crippen LogP contribution in [-0.2, 0) is 19.3 Å². The lowest BCUT2D eigenvalue weighted by Gasteiger charge is -2.33. The number of hydrogen-bond acceptors (Lipinski definition) is 5. The van der Waals surface area contributed by atoms with E-state index in [9.17, 15) is 13.0 Å². The molecule has 0 bridgehead atoms. The summed E-state index contributed by atoms with van der Waals surface area (Å²) in [5.41, 5.74) is 0. The minimum absolute atomic E-state index is 0.0271. The van der Waals surface area contributed by atoms with Gasteiger partial charge in [0, 0.05) is 13.1 Å². The van der Waals surface area contributed by atoms with Gasteiger partial charge in [-0.25, -0.2) is 18.2 Å². The van der Waals surface area contributed by atoms with Crippen LogP contribution >= 0.6 is 7.52 Å². The molecule has 134 valence electrons. The van der Waals surface area contributed by atoms with E-state index in [4.69, 9.17) is 14.4 Å². The molecule has 9 heteroatoms. The zero-order chi connectivity index (χ0) is 17.9. The van der Waals surface area contributed by atoms with Crippen LogP contribution in [0.25, 0.3) is 0 Å². The molecule has 3 rings (SSSR count). The normalized spacial score (nSPS) is 18.4. The molecule has 0 aromatic heterocycles. The molecule has 1 atom stereocenters. The molecule has 0 saturated carbocycles. The highest BCUT2D eigenvalue weighted by molar-refractivity contribution is 7.89. The van der Waals surface area contributed by atoms with Gasteiger partial charge in [-0.1, -0.05) is 18.2 Å². The fourth-order valence-electron chi connectivity index (χ4n) is 2.54. The van der Waals surface area contributed by atoms with E-state index in [1.54, 1.807) is 28.9 Å². The van der Waals surface area contributed by atoms with Gasteiger partial charge in [0.25, 0.3) is 0 Å². The fraction of sp³-hybridized carbons (Fsp3) is 0.250. The van der Waals surface area contributed by atoms with E-state index in [0.717, 1.165) is 0 Å². The quantitative estimate of drug-likeness (QED) is 0.788. The van der Waals surface area contributed by atoms with Crippen LogP contribution in [0.4, 0.5) is 0 Å². The van der Waals surface area contributed by atoms with Crippen molar-refractivity contribution < 1.29 is 22.2 Å². The lowest BCUT2D eigenvalue weighted by atomic mass is 10.3. The largest absolute Gasteiger partial charge is 0.429 e. The van der Waals surface area contributed by atoms with Crippen LogP contribution in [0.15, 0.2) is 59.5 Å². The van der Waals surface area contributed by atoms with Crippen molar-refractivity contribution in [1.29, 1.82) is 0 Å². The highest BCUT2D eigenvalue weighted by Crippen LogP contribution is 2.50. The molecule has 2 aromatic rings. The molecule has 2 aromatic carbocycles. The molecular weight excluding hydrogens is 363 g/mol. The number of morpholine rings is 1. The average molecular weight is 382 g/mol. The van der Waals surface area contributed by atoms with Crippen molar-refractivity contribution in [2.45, 2.75) is 4.90 Å². The van der Waals surface area contributed by atoms with Crippen LogP contribution in [0.1, 0.15) is 0 Å². The monoisotopic (exact) mass is 382 g/mol. The van der Waals surface area contributed by atoms with Gasteiger partial charge in [0.1, 0.15) is 5.75 Å². The Kier molecular flexibility index (Phi) is 5.27. The highest BCUT2D eigenvalue weighted by Gasteiger charge is 2.36. The number of hydrogen-bond donors (Lipinski definition) is 1. The number of benzene rings is 2. The van der Waals surface area contributed by atoms with Crippen molar-refractivity contribution >= 4 is 22.8 Å². The van der Waals surface area contributed by atoms with Crippen molar-refractivity contribution in [1.82, 2.24) is 4.67 Å². The third-order valence-corrected chi connectivity index (χ3v) is 7.31. The van der Waals surface area contributed by atoms with E-state index in [-0.39, 0.29) is 4.90 Å². The Labute approximate surface area is 146 Å². The molecule has 1 unspecified atom stereocenters. The summed E-state index contributed by atoms with van der Waals surface area (Å²) in [6, 6.07) is 14.5. The van der Waals surface area contributed by atoms with Gasteiger partial charge in [-0.3, -0.25) is 4.57 Å². The van der Waals surface area contributed by atoms with Gasteiger partial charge < -0.3 is 9.26 Å². The number of primary sulfonamides is 1. The minimum Gasteiger partial charge on any atom is -0.429 e. The molecule has 1 heterocycles. The lowest BCUT2D eigenvalue weighted by molar-refractivity contribution is 0.0692. The highest BCUT2D eigenvalue weighted by atomic mass is 32.2. The van der Waals surface area contributed by atoms with Gasteiger partial charge in [0.15, 0.2) is 0 Å². The molecule has 1 fully saturated rings. The molecule has 0 radical (unpaired) electrons. The Morgan fingerprint density at radius 1 is 1.00 bits per heavy atom. The van der Waals surface area contributed by atoms with E-state index in [2.05, 4.69) is 0 Å². The molecule has 0 amide bonds. The molecule has 0 spiro atoms. The smallest absolute Gasteiger partial charge is 0.349 e. The third-order valence-electron chi connectivity index (χ3n) is 3.82. The maximum Gasteiger partial charge on any atom is 0.349 e. The van der Waals surface area contributed by atoms with E-state index in [1.165, 1.54) is 24.3 Å². The van der Waals surface area contributed by atoms with Gasteiger partial charge in [-0.15, -0.1) is 0 Å². The van der Waals surface area contributed by atoms with Crippen molar-refractivity contribution in [2.24, 2.45) is 5.14 Å². The van der Waals surface area contributed by atoms with Crippen molar-refractivity contribution in [3.05, 3.63) is 54.6 Å². The van der Waals surface area contributed by atoms with E-state index in [1.807, 2.05) is 6.07 Å². The van der Waals surface area contributed by atoms with Gasteiger partial charge >= 0.3 is 7.52 Å². The number of sulfonamides is 1. The maximum atomic E-state index is 13.7. The number of nitrogens with two attached hydrogens (primary N) is 1.